The second kappa shape index (κ2) is 7.04. The predicted molar refractivity (Wildman–Crippen MR) is 100.0 cm³/mol. The van der Waals surface area contributed by atoms with Crippen molar-refractivity contribution in [3.63, 3.8) is 0 Å². The normalized spacial score (nSPS) is 17.3. The zero-order valence-corrected chi connectivity index (χ0v) is 14.8. The largest absolute Gasteiger partial charge is 0.446 e. The molecule has 6 heteroatoms. The molecule has 122 valence electrons. The van der Waals surface area contributed by atoms with Crippen molar-refractivity contribution in [3.8, 4) is 0 Å². The second-order valence-electron chi connectivity index (χ2n) is 5.33. The first-order chi connectivity index (χ1) is 11.6. The van der Waals surface area contributed by atoms with Crippen LogP contribution in [0.1, 0.15) is 17.2 Å². The zero-order chi connectivity index (χ0) is 17.1. The van der Waals surface area contributed by atoms with Crippen LogP contribution in [0.25, 0.3) is 6.08 Å². The summed E-state index contributed by atoms with van der Waals surface area (Å²) >= 11 is 2.14. The summed E-state index contributed by atoms with van der Waals surface area (Å²) in [6.45, 7) is 0.166. The fourth-order valence-corrected chi connectivity index (χ4v) is 2.83. The summed E-state index contributed by atoms with van der Waals surface area (Å²) in [6.07, 6.45) is 2.38. The maximum absolute atomic E-state index is 12.5. The molecule has 0 saturated carbocycles. The number of nitrogens with zero attached hydrogens (tertiary/aromatic N) is 1. The van der Waals surface area contributed by atoms with Crippen molar-refractivity contribution < 1.29 is 14.3 Å². The Morgan fingerprint density at radius 3 is 2.71 bits per heavy atom. The first-order valence-corrected chi connectivity index (χ1v) is 8.42. The number of hydrogen-bond donors (Lipinski definition) is 1. The third-order valence-corrected chi connectivity index (χ3v) is 4.72. The van der Waals surface area contributed by atoms with Gasteiger partial charge in [0, 0.05) is 15.3 Å². The molecule has 2 amide bonds. The summed E-state index contributed by atoms with van der Waals surface area (Å²) < 4.78 is 6.00. The number of imide groups is 1. The van der Waals surface area contributed by atoms with Crippen LogP contribution >= 0.6 is 22.6 Å². The number of rotatable bonds is 3. The summed E-state index contributed by atoms with van der Waals surface area (Å²) in [7, 11) is 0. The van der Waals surface area contributed by atoms with E-state index in [2.05, 4.69) is 22.6 Å². The molecule has 5 nitrogen and oxygen atoms in total. The van der Waals surface area contributed by atoms with E-state index in [4.69, 9.17) is 10.5 Å². The van der Waals surface area contributed by atoms with Crippen molar-refractivity contribution in [2.75, 3.05) is 12.3 Å². The van der Waals surface area contributed by atoms with Crippen LogP contribution in [-0.4, -0.2) is 23.5 Å². The van der Waals surface area contributed by atoms with Gasteiger partial charge in [-0.3, -0.25) is 4.79 Å². The number of benzene rings is 2. The highest BCUT2D eigenvalue weighted by Crippen LogP contribution is 2.28. The van der Waals surface area contributed by atoms with Gasteiger partial charge in [-0.15, -0.1) is 0 Å². The second-order valence-corrected chi connectivity index (χ2v) is 6.49. The molecule has 2 aromatic rings. The standard InChI is InChI=1S/C18H15IN2O3/c19-14-8-6-12(10-15(14)20)7-9-17(22)21-16(11-24-18(21)23)13-4-2-1-3-5-13/h1-10,16H,11,20H2/b9-7+/t16-/m1/s1. The minimum atomic E-state index is -0.624. The molecule has 1 fully saturated rings. The third kappa shape index (κ3) is 3.43. The van der Waals surface area contributed by atoms with Crippen LogP contribution in [0.5, 0.6) is 0 Å². The highest BCUT2D eigenvalue weighted by Gasteiger charge is 2.37. The first kappa shape index (κ1) is 16.5. The molecule has 0 aromatic heterocycles. The third-order valence-electron chi connectivity index (χ3n) is 3.73. The molecule has 3 rings (SSSR count). The number of nitrogen functional groups attached to an aromatic ring is 1. The SMILES string of the molecule is Nc1cc(/C=C/C(=O)N2C(=O)OC[C@@H]2c2ccccc2)ccc1I. The number of carbonyl (C=O) groups excluding carboxylic acids is 2. The molecule has 1 atom stereocenters. The number of hydrogen-bond acceptors (Lipinski definition) is 4. The Hall–Kier alpha value is -2.35. The Morgan fingerprint density at radius 1 is 1.25 bits per heavy atom. The Balaban J connectivity index is 1.80. The van der Waals surface area contributed by atoms with Gasteiger partial charge in [0.1, 0.15) is 12.6 Å². The van der Waals surface area contributed by atoms with Crippen LogP contribution < -0.4 is 5.73 Å². The van der Waals surface area contributed by atoms with E-state index in [0.717, 1.165) is 19.6 Å². The van der Waals surface area contributed by atoms with Crippen LogP contribution in [0.4, 0.5) is 10.5 Å². The molecule has 24 heavy (non-hydrogen) atoms. The average molecular weight is 434 g/mol. The van der Waals surface area contributed by atoms with E-state index in [1.165, 1.54) is 6.08 Å². The Morgan fingerprint density at radius 2 is 2.00 bits per heavy atom. The van der Waals surface area contributed by atoms with E-state index < -0.39 is 18.0 Å². The maximum Gasteiger partial charge on any atom is 0.417 e. The molecule has 2 N–H and O–H groups in total. The fraction of sp³-hybridized carbons (Fsp3) is 0.111. The van der Waals surface area contributed by atoms with Crippen molar-refractivity contribution in [3.05, 3.63) is 69.3 Å². The highest BCUT2D eigenvalue weighted by atomic mass is 127. The predicted octanol–water partition coefficient (Wildman–Crippen LogP) is 3.61. The molecule has 1 aliphatic heterocycles. The Kier molecular flexibility index (Phi) is 4.84. The van der Waals surface area contributed by atoms with Gasteiger partial charge >= 0.3 is 6.09 Å². The number of nitrogens with two attached hydrogens (primary N) is 1. The van der Waals surface area contributed by atoms with E-state index in [0.29, 0.717) is 5.69 Å². The summed E-state index contributed by atoms with van der Waals surface area (Å²) in [5, 5.41) is 0. The molecule has 0 bridgehead atoms. The van der Waals surface area contributed by atoms with E-state index >= 15 is 0 Å². The number of ether oxygens (including phenoxy) is 1. The lowest BCUT2D eigenvalue weighted by Crippen LogP contribution is -2.32. The molecule has 1 aliphatic rings. The van der Waals surface area contributed by atoms with Gasteiger partial charge in [-0.25, -0.2) is 9.69 Å². The van der Waals surface area contributed by atoms with Crippen molar-refractivity contribution in [2.24, 2.45) is 0 Å². The minimum Gasteiger partial charge on any atom is -0.446 e. The molecule has 1 saturated heterocycles. The van der Waals surface area contributed by atoms with Gasteiger partial charge in [-0.05, 0) is 51.9 Å². The van der Waals surface area contributed by atoms with Crippen molar-refractivity contribution in [1.29, 1.82) is 0 Å². The van der Waals surface area contributed by atoms with Gasteiger partial charge in [0.15, 0.2) is 0 Å². The lowest BCUT2D eigenvalue weighted by Gasteiger charge is -2.18. The van der Waals surface area contributed by atoms with Crippen LogP contribution in [-0.2, 0) is 9.53 Å². The Labute approximate surface area is 153 Å². The first-order valence-electron chi connectivity index (χ1n) is 7.34. The summed E-state index contributed by atoms with van der Waals surface area (Å²) in [6, 6.07) is 14.5. The van der Waals surface area contributed by atoms with Gasteiger partial charge in [-0.1, -0.05) is 36.4 Å². The molecule has 0 unspecified atom stereocenters. The quantitative estimate of drug-likeness (QED) is 0.455. The number of amides is 2. The lowest BCUT2D eigenvalue weighted by atomic mass is 10.1. The molecule has 0 radical (unpaired) electrons. The van der Waals surface area contributed by atoms with Crippen molar-refractivity contribution in [1.82, 2.24) is 4.90 Å². The summed E-state index contributed by atoms with van der Waals surface area (Å²) in [5.41, 5.74) is 8.17. The Bertz CT molecular complexity index is 805. The number of anilines is 1. The summed E-state index contributed by atoms with van der Waals surface area (Å²) in [5.74, 6) is -0.413. The molecule has 1 heterocycles. The molecule has 2 aromatic carbocycles. The minimum absolute atomic E-state index is 0.166. The molecular weight excluding hydrogens is 419 g/mol. The van der Waals surface area contributed by atoms with E-state index in [1.54, 1.807) is 12.1 Å². The lowest BCUT2D eigenvalue weighted by molar-refractivity contribution is -0.124. The van der Waals surface area contributed by atoms with Crippen LogP contribution in [0.2, 0.25) is 0 Å². The van der Waals surface area contributed by atoms with Gasteiger partial charge < -0.3 is 10.5 Å². The van der Waals surface area contributed by atoms with E-state index in [9.17, 15) is 9.59 Å². The monoisotopic (exact) mass is 434 g/mol. The molecule has 0 spiro atoms. The average Bonchev–Trinajstić information content (AvgIpc) is 2.98. The van der Waals surface area contributed by atoms with Gasteiger partial charge in [0.25, 0.3) is 5.91 Å². The fourth-order valence-electron chi connectivity index (χ4n) is 2.50. The van der Waals surface area contributed by atoms with Gasteiger partial charge in [0.05, 0.1) is 0 Å². The van der Waals surface area contributed by atoms with Crippen molar-refractivity contribution in [2.45, 2.75) is 6.04 Å². The smallest absolute Gasteiger partial charge is 0.417 e. The van der Waals surface area contributed by atoms with Crippen LogP contribution in [0, 0.1) is 3.57 Å². The van der Waals surface area contributed by atoms with Crippen LogP contribution in [0.3, 0.4) is 0 Å². The highest BCUT2D eigenvalue weighted by molar-refractivity contribution is 14.1. The van der Waals surface area contributed by atoms with E-state index in [1.807, 2.05) is 42.5 Å². The van der Waals surface area contributed by atoms with Gasteiger partial charge in [-0.2, -0.15) is 0 Å². The topological polar surface area (TPSA) is 72.6 Å². The molecule has 0 aliphatic carbocycles. The van der Waals surface area contributed by atoms with Gasteiger partial charge in [0.2, 0.25) is 0 Å². The number of carbonyl (C=O) groups is 2. The van der Waals surface area contributed by atoms with E-state index in [-0.39, 0.29) is 6.61 Å². The zero-order valence-electron chi connectivity index (χ0n) is 12.7. The summed E-state index contributed by atoms with van der Waals surface area (Å²) in [4.78, 5) is 25.5. The number of cyclic esters (lactones) is 1. The van der Waals surface area contributed by atoms with Crippen molar-refractivity contribution >= 4 is 46.4 Å². The maximum atomic E-state index is 12.5. The van der Waals surface area contributed by atoms with Crippen LogP contribution in [0.15, 0.2) is 54.6 Å². The molecular formula is C18H15IN2O3. The number of halogens is 1.